The van der Waals surface area contributed by atoms with E-state index in [1.54, 1.807) is 0 Å². The maximum absolute atomic E-state index is 12.6. The lowest BCUT2D eigenvalue weighted by atomic mass is 9.88. The van der Waals surface area contributed by atoms with E-state index in [0.29, 0.717) is 6.42 Å². The van der Waals surface area contributed by atoms with Crippen LogP contribution >= 0.6 is 11.6 Å². The quantitative estimate of drug-likeness (QED) is 0.535. The van der Waals surface area contributed by atoms with Gasteiger partial charge in [0.1, 0.15) is 5.72 Å². The van der Waals surface area contributed by atoms with Crippen LogP contribution in [0.4, 0.5) is 18.0 Å². The van der Waals surface area contributed by atoms with Gasteiger partial charge in [-0.1, -0.05) is 0 Å². The van der Waals surface area contributed by atoms with Crippen molar-refractivity contribution >= 4 is 17.0 Å². The average molecular weight is 258 g/mol. The number of aliphatic hydroxyl groups is 1. The third kappa shape index (κ3) is 1.78. The van der Waals surface area contributed by atoms with Crippen molar-refractivity contribution in [2.75, 3.05) is 0 Å². The zero-order valence-electron chi connectivity index (χ0n) is 8.30. The predicted molar refractivity (Wildman–Crippen MR) is 49.8 cm³/mol. The molecule has 0 aromatic heterocycles. The number of carbonyl (C=O) groups excluding carboxylic acids is 1. The Hall–Kier alpha value is -0.490. The molecule has 3 nitrogen and oxygen atoms in total. The molecule has 0 aromatic rings. The maximum Gasteiger partial charge on any atom is 0.392 e. The van der Waals surface area contributed by atoms with Gasteiger partial charge in [-0.15, -0.1) is 0 Å². The molecule has 2 aliphatic heterocycles. The fraction of sp³-hybridized carbons (Fsp3) is 0.889. The minimum absolute atomic E-state index is 0.162. The third-order valence-electron chi connectivity index (χ3n) is 3.47. The van der Waals surface area contributed by atoms with Gasteiger partial charge in [0.05, 0.1) is 5.92 Å². The summed E-state index contributed by atoms with van der Waals surface area (Å²) in [5.74, 6) is -1.54. The van der Waals surface area contributed by atoms with Gasteiger partial charge in [0, 0.05) is 12.5 Å². The summed E-state index contributed by atoms with van der Waals surface area (Å²) in [5.41, 5.74) is -1.71. The van der Waals surface area contributed by atoms with Crippen LogP contribution in [-0.2, 0) is 0 Å². The third-order valence-corrected chi connectivity index (χ3v) is 3.66. The van der Waals surface area contributed by atoms with Crippen LogP contribution in [-0.4, -0.2) is 33.3 Å². The number of rotatable bonds is 0. The highest BCUT2D eigenvalue weighted by Gasteiger charge is 2.58. The van der Waals surface area contributed by atoms with Crippen LogP contribution in [0.25, 0.3) is 0 Å². The number of hydrogen-bond donors (Lipinski definition) is 1. The Morgan fingerprint density at radius 2 is 2.12 bits per heavy atom. The number of piperidine rings is 1. The van der Waals surface area contributed by atoms with Gasteiger partial charge in [0.15, 0.2) is 0 Å². The Bertz CT molecular complexity index is 322. The number of alkyl halides is 3. The van der Waals surface area contributed by atoms with Gasteiger partial charge in [-0.3, -0.25) is 9.69 Å². The van der Waals surface area contributed by atoms with Crippen LogP contribution in [0.2, 0.25) is 0 Å². The van der Waals surface area contributed by atoms with Crippen molar-refractivity contribution < 1.29 is 23.1 Å². The fourth-order valence-corrected chi connectivity index (χ4v) is 3.07. The molecule has 3 atom stereocenters. The number of carbonyl (C=O) groups is 1. The van der Waals surface area contributed by atoms with Crippen molar-refractivity contribution in [2.24, 2.45) is 5.92 Å². The summed E-state index contributed by atoms with van der Waals surface area (Å²) in [5, 5.41) is 9.14. The molecule has 16 heavy (non-hydrogen) atoms. The second kappa shape index (κ2) is 3.50. The number of amides is 1. The van der Waals surface area contributed by atoms with E-state index in [2.05, 4.69) is 0 Å². The monoisotopic (exact) mass is 257 g/mol. The molecule has 2 aliphatic rings. The minimum Gasteiger partial charge on any atom is -0.371 e. The van der Waals surface area contributed by atoms with Gasteiger partial charge in [0.2, 0.25) is 0 Å². The molecule has 2 fully saturated rings. The molecule has 0 radical (unpaired) electrons. The Kier molecular flexibility index (Phi) is 2.62. The van der Waals surface area contributed by atoms with Crippen molar-refractivity contribution in [1.29, 1.82) is 0 Å². The molecule has 2 heterocycles. The minimum atomic E-state index is -4.32. The molecule has 2 rings (SSSR count). The number of fused-ring (bicyclic) bond motifs is 2. The van der Waals surface area contributed by atoms with E-state index in [4.69, 9.17) is 11.6 Å². The van der Waals surface area contributed by atoms with Gasteiger partial charge in [-0.2, -0.15) is 13.2 Å². The van der Waals surface area contributed by atoms with Crippen LogP contribution in [0.15, 0.2) is 0 Å². The first-order valence-electron chi connectivity index (χ1n) is 5.02. The van der Waals surface area contributed by atoms with Crippen LogP contribution in [0.1, 0.15) is 25.7 Å². The van der Waals surface area contributed by atoms with E-state index < -0.39 is 35.6 Å². The summed E-state index contributed by atoms with van der Waals surface area (Å²) in [6, 6.07) is -0.588. The van der Waals surface area contributed by atoms with E-state index in [9.17, 15) is 23.1 Å². The molecule has 0 spiro atoms. The van der Waals surface area contributed by atoms with Crippen LogP contribution < -0.4 is 0 Å². The molecule has 3 unspecified atom stereocenters. The zero-order chi connectivity index (χ0) is 12.1. The number of halogens is 4. The van der Waals surface area contributed by atoms with E-state index in [-0.39, 0.29) is 12.8 Å². The van der Waals surface area contributed by atoms with E-state index in [1.807, 2.05) is 0 Å². The van der Waals surface area contributed by atoms with E-state index >= 15 is 0 Å². The second-order valence-corrected chi connectivity index (χ2v) is 4.80. The maximum atomic E-state index is 12.6. The lowest BCUT2D eigenvalue weighted by Gasteiger charge is -2.43. The van der Waals surface area contributed by atoms with Crippen molar-refractivity contribution in [2.45, 2.75) is 43.6 Å². The molecule has 0 aliphatic carbocycles. The Balaban J connectivity index is 2.23. The van der Waals surface area contributed by atoms with Crippen LogP contribution in [0.5, 0.6) is 0 Å². The Morgan fingerprint density at radius 3 is 2.56 bits per heavy atom. The van der Waals surface area contributed by atoms with Gasteiger partial charge < -0.3 is 5.11 Å². The molecule has 1 N–H and O–H groups in total. The van der Waals surface area contributed by atoms with Crippen molar-refractivity contribution in [1.82, 2.24) is 4.90 Å². The number of hydrogen-bond acceptors (Lipinski definition) is 2. The highest BCUT2D eigenvalue weighted by molar-refractivity contribution is 6.63. The molecule has 2 saturated heterocycles. The summed E-state index contributed by atoms with van der Waals surface area (Å²) < 4.78 is 37.7. The lowest BCUT2D eigenvalue weighted by Crippen LogP contribution is -2.55. The van der Waals surface area contributed by atoms with Crippen LogP contribution in [0, 0.1) is 5.92 Å². The lowest BCUT2D eigenvalue weighted by molar-refractivity contribution is -0.217. The smallest absolute Gasteiger partial charge is 0.371 e. The predicted octanol–water partition coefficient (Wildman–Crippen LogP) is 2.47. The summed E-state index contributed by atoms with van der Waals surface area (Å²) >= 11 is 5.28. The topological polar surface area (TPSA) is 40.5 Å². The average Bonchev–Trinajstić information content (AvgIpc) is 2.31. The number of nitrogens with zero attached hydrogens (tertiary/aromatic N) is 1. The Morgan fingerprint density at radius 1 is 1.50 bits per heavy atom. The fourth-order valence-electron chi connectivity index (χ4n) is 2.77. The zero-order valence-corrected chi connectivity index (χ0v) is 9.05. The SMILES string of the molecule is O=C(Cl)N1C2CCC1(O)CC(C(F)(F)F)C2. The summed E-state index contributed by atoms with van der Waals surface area (Å²) in [6.45, 7) is 0. The standard InChI is InChI=1S/C9H11ClF3NO2/c10-7(15)14-6-1-2-8(14,16)4-5(3-6)9(11,12)13/h5-6,16H,1-4H2. The van der Waals surface area contributed by atoms with Gasteiger partial charge in [-0.25, -0.2) is 0 Å². The molecule has 2 bridgehead atoms. The molecular weight excluding hydrogens is 247 g/mol. The van der Waals surface area contributed by atoms with Gasteiger partial charge in [-0.05, 0) is 30.9 Å². The summed E-state index contributed by atoms with van der Waals surface area (Å²) in [4.78, 5) is 12.1. The molecule has 7 heteroatoms. The van der Waals surface area contributed by atoms with Crippen molar-refractivity contribution in [3.63, 3.8) is 0 Å². The van der Waals surface area contributed by atoms with Gasteiger partial charge >= 0.3 is 11.5 Å². The first-order valence-corrected chi connectivity index (χ1v) is 5.40. The summed E-state index contributed by atoms with van der Waals surface area (Å²) in [6.07, 6.45) is -4.40. The van der Waals surface area contributed by atoms with Crippen LogP contribution in [0.3, 0.4) is 0 Å². The first-order chi connectivity index (χ1) is 7.24. The largest absolute Gasteiger partial charge is 0.392 e. The van der Waals surface area contributed by atoms with Gasteiger partial charge in [0.25, 0.3) is 0 Å². The molecule has 92 valence electrons. The van der Waals surface area contributed by atoms with E-state index in [1.165, 1.54) is 0 Å². The molecule has 0 saturated carbocycles. The summed E-state index contributed by atoms with van der Waals surface area (Å²) in [7, 11) is 0. The normalized spacial score (nSPS) is 38.9. The van der Waals surface area contributed by atoms with Crippen molar-refractivity contribution in [3.05, 3.63) is 0 Å². The molecule has 1 amide bonds. The first kappa shape index (κ1) is 12.0. The van der Waals surface area contributed by atoms with Crippen molar-refractivity contribution in [3.8, 4) is 0 Å². The molecule has 0 aromatic carbocycles. The Labute approximate surface area is 95.2 Å². The molecular formula is C9H11ClF3NO2. The highest BCUT2D eigenvalue weighted by Crippen LogP contribution is 2.49. The second-order valence-electron chi connectivity index (χ2n) is 4.48. The highest BCUT2D eigenvalue weighted by atomic mass is 35.5. The van der Waals surface area contributed by atoms with E-state index in [0.717, 1.165) is 4.90 Å².